The topological polar surface area (TPSA) is 20.3 Å². The first-order chi connectivity index (χ1) is 6.30. The van der Waals surface area contributed by atoms with Crippen LogP contribution in [-0.4, -0.2) is 28.7 Å². The lowest BCUT2D eigenvalue weighted by Gasteiger charge is -2.32. The molecular weight excluding hydrogens is 242 g/mol. The molecule has 0 radical (unpaired) electrons. The Morgan fingerprint density at radius 3 is 2.14 bits per heavy atom. The highest BCUT2D eigenvalue weighted by molar-refractivity contribution is 9.09. The molecule has 84 valence electrons. The molecule has 0 aliphatic rings. The summed E-state index contributed by atoms with van der Waals surface area (Å²) < 4.78 is 0. The van der Waals surface area contributed by atoms with E-state index in [1.165, 1.54) is 0 Å². The lowest BCUT2D eigenvalue weighted by molar-refractivity contribution is -0.141. The molecule has 0 rings (SSSR count). The molecule has 0 atom stereocenters. The summed E-state index contributed by atoms with van der Waals surface area (Å²) in [6.45, 7) is 10.9. The van der Waals surface area contributed by atoms with E-state index < -0.39 is 0 Å². The van der Waals surface area contributed by atoms with Gasteiger partial charge < -0.3 is 4.90 Å². The molecule has 0 bridgehead atoms. The third-order valence-corrected chi connectivity index (χ3v) is 2.62. The summed E-state index contributed by atoms with van der Waals surface area (Å²) in [7, 11) is 0. The van der Waals surface area contributed by atoms with Gasteiger partial charge in [-0.25, -0.2) is 0 Å². The van der Waals surface area contributed by atoms with Gasteiger partial charge in [-0.15, -0.1) is 0 Å². The zero-order valence-corrected chi connectivity index (χ0v) is 11.5. The Labute approximate surface area is 96.2 Å². The zero-order valence-electron chi connectivity index (χ0n) is 9.93. The van der Waals surface area contributed by atoms with Gasteiger partial charge in [0.15, 0.2) is 0 Å². The third-order valence-electron chi connectivity index (χ3n) is 2.06. The monoisotopic (exact) mass is 263 g/mol. The standard InChI is InChI=1S/C11H22BrNO/c1-9(2)13(8-6-7-12)10(14)11(3,4)5/h9H,6-8H2,1-5H3. The second-order valence-electron chi connectivity index (χ2n) is 4.88. The first-order valence-electron chi connectivity index (χ1n) is 5.17. The zero-order chi connectivity index (χ0) is 11.4. The Morgan fingerprint density at radius 2 is 1.86 bits per heavy atom. The number of hydrogen-bond acceptors (Lipinski definition) is 1. The molecule has 0 aromatic carbocycles. The number of carbonyl (C=O) groups excluding carboxylic acids is 1. The maximum Gasteiger partial charge on any atom is 0.228 e. The molecule has 2 nitrogen and oxygen atoms in total. The van der Waals surface area contributed by atoms with Crippen molar-refractivity contribution >= 4 is 21.8 Å². The predicted octanol–water partition coefficient (Wildman–Crippen LogP) is 3.05. The van der Waals surface area contributed by atoms with Gasteiger partial charge >= 0.3 is 0 Å². The summed E-state index contributed by atoms with van der Waals surface area (Å²) in [6, 6.07) is 0.292. The molecule has 0 saturated heterocycles. The fourth-order valence-electron chi connectivity index (χ4n) is 1.26. The van der Waals surface area contributed by atoms with Crippen molar-refractivity contribution in [2.45, 2.75) is 47.1 Å². The van der Waals surface area contributed by atoms with Crippen LogP contribution in [0.25, 0.3) is 0 Å². The molecule has 0 N–H and O–H groups in total. The van der Waals surface area contributed by atoms with E-state index in [2.05, 4.69) is 29.8 Å². The Bertz CT molecular complexity index is 184. The minimum atomic E-state index is -0.267. The molecule has 0 aliphatic carbocycles. The van der Waals surface area contributed by atoms with Crippen molar-refractivity contribution in [3.05, 3.63) is 0 Å². The summed E-state index contributed by atoms with van der Waals surface area (Å²) in [5, 5.41) is 0.952. The number of nitrogens with zero attached hydrogens (tertiary/aromatic N) is 1. The van der Waals surface area contributed by atoms with Crippen LogP contribution < -0.4 is 0 Å². The normalized spacial score (nSPS) is 11.9. The summed E-state index contributed by atoms with van der Waals surface area (Å²) in [4.78, 5) is 14.0. The first-order valence-corrected chi connectivity index (χ1v) is 6.30. The first kappa shape index (κ1) is 13.9. The van der Waals surface area contributed by atoms with Crippen molar-refractivity contribution in [3.63, 3.8) is 0 Å². The molecule has 3 heteroatoms. The number of halogens is 1. The molecular formula is C11H22BrNO. The molecule has 1 amide bonds. The van der Waals surface area contributed by atoms with E-state index in [0.717, 1.165) is 18.3 Å². The summed E-state index contributed by atoms with van der Waals surface area (Å²) in [5.41, 5.74) is -0.267. The Kier molecular flexibility index (Phi) is 5.72. The predicted molar refractivity (Wildman–Crippen MR) is 64.7 cm³/mol. The second-order valence-corrected chi connectivity index (χ2v) is 5.68. The number of rotatable bonds is 4. The van der Waals surface area contributed by atoms with E-state index in [1.54, 1.807) is 0 Å². The van der Waals surface area contributed by atoms with Gasteiger partial charge in [0, 0.05) is 23.3 Å². The lowest BCUT2D eigenvalue weighted by atomic mass is 9.94. The lowest BCUT2D eigenvalue weighted by Crippen LogP contribution is -2.44. The smallest absolute Gasteiger partial charge is 0.228 e. The van der Waals surface area contributed by atoms with Crippen LogP contribution >= 0.6 is 15.9 Å². The SMILES string of the molecule is CC(C)N(CCCBr)C(=O)C(C)(C)C. The van der Waals surface area contributed by atoms with Crippen LogP contribution in [0.2, 0.25) is 0 Å². The average Bonchev–Trinajstić information content (AvgIpc) is 2.02. The molecule has 14 heavy (non-hydrogen) atoms. The quantitative estimate of drug-likeness (QED) is 0.715. The molecule has 0 aliphatic heterocycles. The van der Waals surface area contributed by atoms with E-state index in [1.807, 2.05) is 25.7 Å². The van der Waals surface area contributed by atoms with Gasteiger partial charge in [0.05, 0.1) is 0 Å². The molecule has 0 saturated carbocycles. The van der Waals surface area contributed by atoms with Gasteiger partial charge in [-0.3, -0.25) is 4.79 Å². The molecule has 0 aromatic rings. The molecule has 0 aromatic heterocycles. The van der Waals surface area contributed by atoms with Crippen molar-refractivity contribution in [2.24, 2.45) is 5.41 Å². The van der Waals surface area contributed by atoms with Crippen LogP contribution in [0, 0.1) is 5.41 Å². The average molecular weight is 264 g/mol. The number of amides is 1. The number of carbonyl (C=O) groups is 1. The Hall–Kier alpha value is -0.0500. The van der Waals surface area contributed by atoms with Crippen LogP contribution in [0.1, 0.15) is 41.0 Å². The van der Waals surface area contributed by atoms with E-state index in [9.17, 15) is 4.79 Å². The summed E-state index contributed by atoms with van der Waals surface area (Å²) in [5.74, 6) is 0.244. The van der Waals surface area contributed by atoms with E-state index >= 15 is 0 Å². The maximum absolute atomic E-state index is 12.0. The van der Waals surface area contributed by atoms with E-state index in [-0.39, 0.29) is 11.3 Å². The van der Waals surface area contributed by atoms with Gasteiger partial charge in [0.2, 0.25) is 5.91 Å². The van der Waals surface area contributed by atoms with Crippen molar-refractivity contribution < 1.29 is 4.79 Å². The van der Waals surface area contributed by atoms with Crippen LogP contribution in [0.5, 0.6) is 0 Å². The largest absolute Gasteiger partial charge is 0.340 e. The minimum absolute atomic E-state index is 0.244. The third kappa shape index (κ3) is 4.45. The van der Waals surface area contributed by atoms with Crippen LogP contribution in [-0.2, 0) is 4.79 Å². The number of hydrogen-bond donors (Lipinski definition) is 0. The van der Waals surface area contributed by atoms with E-state index in [0.29, 0.717) is 6.04 Å². The minimum Gasteiger partial charge on any atom is -0.340 e. The van der Waals surface area contributed by atoms with Gasteiger partial charge in [-0.05, 0) is 20.3 Å². The maximum atomic E-state index is 12.0. The highest BCUT2D eigenvalue weighted by Crippen LogP contribution is 2.19. The fourth-order valence-corrected chi connectivity index (χ4v) is 1.51. The van der Waals surface area contributed by atoms with Crippen molar-refractivity contribution in [1.29, 1.82) is 0 Å². The van der Waals surface area contributed by atoms with Gasteiger partial charge in [-0.1, -0.05) is 36.7 Å². The Balaban J connectivity index is 4.42. The summed E-state index contributed by atoms with van der Waals surface area (Å²) >= 11 is 3.39. The molecule has 0 unspecified atom stereocenters. The molecule has 0 spiro atoms. The Morgan fingerprint density at radius 1 is 1.36 bits per heavy atom. The number of alkyl halides is 1. The van der Waals surface area contributed by atoms with Crippen molar-refractivity contribution in [1.82, 2.24) is 4.90 Å². The van der Waals surface area contributed by atoms with E-state index in [4.69, 9.17) is 0 Å². The van der Waals surface area contributed by atoms with Crippen LogP contribution in [0.3, 0.4) is 0 Å². The highest BCUT2D eigenvalue weighted by Gasteiger charge is 2.28. The van der Waals surface area contributed by atoms with Gasteiger partial charge in [0.1, 0.15) is 0 Å². The fraction of sp³-hybridized carbons (Fsp3) is 0.909. The molecule has 0 heterocycles. The van der Waals surface area contributed by atoms with Crippen molar-refractivity contribution in [2.75, 3.05) is 11.9 Å². The van der Waals surface area contributed by atoms with Crippen LogP contribution in [0.15, 0.2) is 0 Å². The van der Waals surface area contributed by atoms with Crippen LogP contribution in [0.4, 0.5) is 0 Å². The summed E-state index contributed by atoms with van der Waals surface area (Å²) in [6.07, 6.45) is 1.01. The van der Waals surface area contributed by atoms with Gasteiger partial charge in [0.25, 0.3) is 0 Å². The second kappa shape index (κ2) is 5.74. The van der Waals surface area contributed by atoms with Crippen molar-refractivity contribution in [3.8, 4) is 0 Å². The molecule has 0 fully saturated rings. The van der Waals surface area contributed by atoms with Gasteiger partial charge in [-0.2, -0.15) is 0 Å². The highest BCUT2D eigenvalue weighted by atomic mass is 79.9.